The summed E-state index contributed by atoms with van der Waals surface area (Å²) in [6, 6.07) is 0.0959. The molecule has 8 heteroatoms. The third-order valence-electron chi connectivity index (χ3n) is 1.53. The second-order valence-corrected chi connectivity index (χ2v) is 2.72. The molecule has 0 radical (unpaired) electrons. The van der Waals surface area contributed by atoms with Gasteiger partial charge in [-0.1, -0.05) is 0 Å². The Labute approximate surface area is 91.5 Å². The molecule has 90 valence electrons. The molecule has 0 aliphatic carbocycles. The third kappa shape index (κ3) is 3.79. The molecule has 0 unspecified atom stereocenters. The zero-order chi connectivity index (χ0) is 12.0. The molecule has 1 heterocycles. The maximum absolute atomic E-state index is 12.0. The summed E-state index contributed by atoms with van der Waals surface area (Å²) in [6.07, 6.45) is -2.47. The van der Waals surface area contributed by atoms with E-state index in [1.165, 1.54) is 0 Å². The van der Waals surface area contributed by atoms with E-state index in [1.807, 2.05) is 0 Å². The van der Waals surface area contributed by atoms with Crippen molar-refractivity contribution in [2.75, 3.05) is 30.8 Å². The van der Waals surface area contributed by atoms with Crippen molar-refractivity contribution in [1.29, 1.82) is 0 Å². The van der Waals surface area contributed by atoms with Gasteiger partial charge >= 0.3 is 6.01 Å². The number of anilines is 2. The molecule has 2 N–H and O–H groups in total. The zero-order valence-corrected chi connectivity index (χ0v) is 9.00. The second-order valence-electron chi connectivity index (χ2n) is 2.72. The number of nitrogens with zero attached hydrogens (tertiary/aromatic N) is 3. The number of ether oxygens (including phenoxy) is 1. The average Bonchev–Trinajstić information content (AvgIpc) is 2.26. The van der Waals surface area contributed by atoms with Gasteiger partial charge in [0, 0.05) is 7.05 Å². The monoisotopic (exact) mass is 233 g/mol. The number of hydrogen-bond acceptors (Lipinski definition) is 6. The Kier molecular flexibility index (Phi) is 4.62. The summed E-state index contributed by atoms with van der Waals surface area (Å²) < 4.78 is 29.0. The Bertz CT molecular complexity index is 336. The first-order chi connectivity index (χ1) is 7.65. The normalized spacial score (nSPS) is 10.3. The Hall–Kier alpha value is -1.73. The first-order valence-electron chi connectivity index (χ1n) is 4.74. The van der Waals surface area contributed by atoms with Crippen LogP contribution in [-0.2, 0) is 0 Å². The maximum Gasteiger partial charge on any atom is 0.323 e. The van der Waals surface area contributed by atoms with E-state index >= 15 is 0 Å². The van der Waals surface area contributed by atoms with Crippen LogP contribution in [0.3, 0.4) is 0 Å². The molecule has 0 atom stereocenters. The molecule has 0 fully saturated rings. The van der Waals surface area contributed by atoms with Gasteiger partial charge in [0.1, 0.15) is 0 Å². The Morgan fingerprint density at radius 2 is 1.94 bits per heavy atom. The number of rotatable bonds is 6. The van der Waals surface area contributed by atoms with Crippen molar-refractivity contribution >= 4 is 11.9 Å². The molecule has 0 saturated carbocycles. The van der Waals surface area contributed by atoms with Gasteiger partial charge in [0.15, 0.2) is 0 Å². The van der Waals surface area contributed by atoms with Gasteiger partial charge in [-0.15, -0.1) is 0 Å². The van der Waals surface area contributed by atoms with E-state index in [4.69, 9.17) is 4.74 Å². The smallest absolute Gasteiger partial charge is 0.323 e. The Morgan fingerprint density at radius 1 is 1.25 bits per heavy atom. The van der Waals surface area contributed by atoms with E-state index in [-0.39, 0.29) is 17.9 Å². The maximum atomic E-state index is 12.0. The molecule has 1 aromatic rings. The van der Waals surface area contributed by atoms with Crippen LogP contribution in [0.2, 0.25) is 0 Å². The van der Waals surface area contributed by atoms with Crippen LogP contribution in [0.5, 0.6) is 6.01 Å². The minimum absolute atomic E-state index is 0.0584. The topological polar surface area (TPSA) is 72.0 Å². The van der Waals surface area contributed by atoms with Crippen molar-refractivity contribution in [2.45, 2.75) is 13.3 Å². The van der Waals surface area contributed by atoms with E-state index in [0.29, 0.717) is 6.61 Å². The summed E-state index contributed by atoms with van der Waals surface area (Å²) in [4.78, 5) is 11.5. The van der Waals surface area contributed by atoms with Crippen molar-refractivity contribution in [3.05, 3.63) is 0 Å². The average molecular weight is 233 g/mol. The lowest BCUT2D eigenvalue weighted by atomic mass is 10.6. The van der Waals surface area contributed by atoms with Gasteiger partial charge < -0.3 is 15.4 Å². The van der Waals surface area contributed by atoms with Crippen molar-refractivity contribution in [3.8, 4) is 6.01 Å². The van der Waals surface area contributed by atoms with Gasteiger partial charge in [-0.05, 0) is 6.92 Å². The van der Waals surface area contributed by atoms with Gasteiger partial charge in [-0.3, -0.25) is 0 Å². The number of hydrogen-bond donors (Lipinski definition) is 2. The van der Waals surface area contributed by atoms with Crippen LogP contribution >= 0.6 is 0 Å². The lowest BCUT2D eigenvalue weighted by Gasteiger charge is -2.07. The quantitative estimate of drug-likeness (QED) is 0.763. The number of aromatic nitrogens is 3. The van der Waals surface area contributed by atoms with Crippen LogP contribution in [0.4, 0.5) is 20.7 Å². The molecule has 0 aliphatic heterocycles. The first-order valence-corrected chi connectivity index (χ1v) is 4.74. The summed E-state index contributed by atoms with van der Waals surface area (Å²) in [7, 11) is 1.61. The summed E-state index contributed by atoms with van der Waals surface area (Å²) in [5.41, 5.74) is 0. The molecule has 0 bridgehead atoms. The van der Waals surface area contributed by atoms with E-state index in [0.717, 1.165) is 0 Å². The van der Waals surface area contributed by atoms with Crippen molar-refractivity contribution in [1.82, 2.24) is 15.0 Å². The predicted octanol–water partition coefficient (Wildman–Crippen LogP) is 0.989. The van der Waals surface area contributed by atoms with Crippen LogP contribution < -0.4 is 15.4 Å². The van der Waals surface area contributed by atoms with Crippen LogP contribution in [0, 0.1) is 0 Å². The fourth-order valence-electron chi connectivity index (χ4n) is 0.909. The standard InChI is InChI=1S/C8H13F2N5O/c1-3-16-8-14-6(11-2)13-7(15-8)12-4-5(9)10/h5H,3-4H2,1-2H3,(H2,11,12,13,14,15). The number of alkyl halides is 2. The Balaban J connectivity index is 2.77. The van der Waals surface area contributed by atoms with Crippen LogP contribution in [0.1, 0.15) is 6.92 Å². The minimum Gasteiger partial charge on any atom is -0.464 e. The third-order valence-corrected chi connectivity index (χ3v) is 1.53. The van der Waals surface area contributed by atoms with Gasteiger partial charge in [0.25, 0.3) is 6.43 Å². The number of halogens is 2. The summed E-state index contributed by atoms with van der Waals surface area (Å²) in [5.74, 6) is 0.318. The van der Waals surface area contributed by atoms with Gasteiger partial charge in [0.2, 0.25) is 11.9 Å². The molecular weight excluding hydrogens is 220 g/mol. The highest BCUT2D eigenvalue weighted by Gasteiger charge is 2.08. The Morgan fingerprint density at radius 3 is 2.50 bits per heavy atom. The second kappa shape index (κ2) is 5.99. The SMILES string of the molecule is CCOc1nc(NC)nc(NCC(F)F)n1. The van der Waals surface area contributed by atoms with E-state index in [1.54, 1.807) is 14.0 Å². The summed E-state index contributed by atoms with van der Waals surface area (Å²) >= 11 is 0. The largest absolute Gasteiger partial charge is 0.464 e. The van der Waals surface area contributed by atoms with Crippen LogP contribution in [-0.4, -0.2) is 41.6 Å². The lowest BCUT2D eigenvalue weighted by Crippen LogP contribution is -2.14. The number of nitrogens with one attached hydrogen (secondary N) is 2. The molecule has 1 rings (SSSR count). The fourth-order valence-corrected chi connectivity index (χ4v) is 0.909. The van der Waals surface area contributed by atoms with E-state index in [2.05, 4.69) is 25.6 Å². The first kappa shape index (κ1) is 12.3. The van der Waals surface area contributed by atoms with Crippen LogP contribution in [0.15, 0.2) is 0 Å². The predicted molar refractivity (Wildman–Crippen MR) is 55.0 cm³/mol. The summed E-state index contributed by atoms with van der Waals surface area (Å²) in [6.45, 7) is 1.65. The molecule has 0 amide bonds. The molecule has 16 heavy (non-hydrogen) atoms. The molecule has 6 nitrogen and oxygen atoms in total. The van der Waals surface area contributed by atoms with Crippen molar-refractivity contribution in [2.24, 2.45) is 0 Å². The highest BCUT2D eigenvalue weighted by Crippen LogP contribution is 2.10. The van der Waals surface area contributed by atoms with E-state index in [9.17, 15) is 8.78 Å². The summed E-state index contributed by atoms with van der Waals surface area (Å²) in [5, 5.41) is 5.07. The molecule has 0 spiro atoms. The van der Waals surface area contributed by atoms with Crippen molar-refractivity contribution < 1.29 is 13.5 Å². The van der Waals surface area contributed by atoms with E-state index < -0.39 is 13.0 Å². The van der Waals surface area contributed by atoms with Crippen LogP contribution in [0.25, 0.3) is 0 Å². The van der Waals surface area contributed by atoms with Crippen molar-refractivity contribution in [3.63, 3.8) is 0 Å². The molecule has 0 saturated heterocycles. The lowest BCUT2D eigenvalue weighted by molar-refractivity contribution is 0.163. The van der Waals surface area contributed by atoms with Gasteiger partial charge in [-0.2, -0.15) is 15.0 Å². The molecule has 1 aromatic heterocycles. The molecular formula is C8H13F2N5O. The van der Waals surface area contributed by atoms with Gasteiger partial charge in [0.05, 0.1) is 13.2 Å². The zero-order valence-electron chi connectivity index (χ0n) is 9.00. The highest BCUT2D eigenvalue weighted by molar-refractivity contribution is 5.35. The van der Waals surface area contributed by atoms with Gasteiger partial charge in [-0.25, -0.2) is 8.78 Å². The molecule has 0 aliphatic rings. The fraction of sp³-hybridized carbons (Fsp3) is 0.625. The minimum atomic E-state index is -2.47. The highest BCUT2D eigenvalue weighted by atomic mass is 19.3. The molecule has 0 aromatic carbocycles.